The van der Waals surface area contributed by atoms with E-state index in [-0.39, 0.29) is 24.0 Å². The molecule has 3 rings (SSSR count). The summed E-state index contributed by atoms with van der Waals surface area (Å²) in [6.45, 7) is 6.54. The summed E-state index contributed by atoms with van der Waals surface area (Å²) in [6, 6.07) is -0.238. The molecule has 1 N–H and O–H groups in total. The fourth-order valence-electron chi connectivity index (χ4n) is 3.93. The molecule has 0 unspecified atom stereocenters. The number of rotatable bonds is 2. The van der Waals surface area contributed by atoms with Crippen LogP contribution in [0.25, 0.3) is 0 Å². The van der Waals surface area contributed by atoms with Crippen molar-refractivity contribution < 1.29 is 14.3 Å². The Labute approximate surface area is 138 Å². The Hall–Kier alpha value is -1.14. The lowest BCUT2D eigenvalue weighted by molar-refractivity contribution is -0.145. The van der Waals surface area contributed by atoms with Crippen molar-refractivity contribution in [1.29, 1.82) is 0 Å². The maximum absolute atomic E-state index is 12.6. The molecule has 0 aromatic carbocycles. The van der Waals surface area contributed by atoms with Crippen LogP contribution in [0.2, 0.25) is 0 Å². The molecule has 3 aliphatic rings. The molecule has 6 heteroatoms. The average molecular weight is 323 g/mol. The maximum atomic E-state index is 12.6. The molecule has 6 nitrogen and oxygen atoms in total. The third kappa shape index (κ3) is 3.86. The highest BCUT2D eigenvalue weighted by atomic mass is 16.5. The summed E-state index contributed by atoms with van der Waals surface area (Å²) in [6.07, 6.45) is 5.02. The van der Waals surface area contributed by atoms with Crippen LogP contribution in [0.15, 0.2) is 0 Å². The fourth-order valence-corrected chi connectivity index (χ4v) is 3.93. The van der Waals surface area contributed by atoms with E-state index < -0.39 is 0 Å². The predicted octanol–water partition coefficient (Wildman–Crippen LogP) is 0.614. The number of ether oxygens (including phenoxy) is 1. The Morgan fingerprint density at radius 1 is 0.957 bits per heavy atom. The minimum Gasteiger partial charge on any atom is -0.375 e. The number of nitrogens with zero attached hydrogens (tertiary/aromatic N) is 2. The summed E-state index contributed by atoms with van der Waals surface area (Å²) in [5.74, 6) is 0.538. The standard InChI is InChI=1S/C17H29N3O3/c1-13-15(18-7-12-23-13)17(22)20-10-5-14(6-11-20)16(21)19-8-3-2-4-9-19/h13-15,18H,2-12H2,1H3/t13-,15+/m1/s1. The molecule has 23 heavy (non-hydrogen) atoms. The molecule has 3 fully saturated rings. The first-order valence-corrected chi connectivity index (χ1v) is 9.09. The summed E-state index contributed by atoms with van der Waals surface area (Å²) in [7, 11) is 0. The smallest absolute Gasteiger partial charge is 0.242 e. The van der Waals surface area contributed by atoms with Crippen molar-refractivity contribution in [3.8, 4) is 0 Å². The molecule has 3 aliphatic heterocycles. The molecule has 0 bridgehead atoms. The van der Waals surface area contributed by atoms with E-state index in [0.717, 1.165) is 45.3 Å². The molecule has 3 heterocycles. The van der Waals surface area contributed by atoms with Gasteiger partial charge in [-0.3, -0.25) is 9.59 Å². The Balaban J connectivity index is 1.49. The minimum absolute atomic E-state index is 0.0797. The van der Waals surface area contributed by atoms with Gasteiger partial charge in [-0.1, -0.05) is 0 Å². The molecular formula is C17H29N3O3. The molecule has 2 amide bonds. The summed E-state index contributed by atoms with van der Waals surface area (Å²) >= 11 is 0. The topological polar surface area (TPSA) is 61.9 Å². The highest BCUT2D eigenvalue weighted by Crippen LogP contribution is 2.23. The van der Waals surface area contributed by atoms with Crippen LogP contribution in [0.4, 0.5) is 0 Å². The molecule has 0 radical (unpaired) electrons. The third-order valence-electron chi connectivity index (χ3n) is 5.41. The van der Waals surface area contributed by atoms with Crippen LogP contribution in [0.3, 0.4) is 0 Å². The highest BCUT2D eigenvalue weighted by Gasteiger charge is 2.35. The molecular weight excluding hydrogens is 294 g/mol. The lowest BCUT2D eigenvalue weighted by atomic mass is 9.93. The SMILES string of the molecule is C[C@H]1OCCN[C@@H]1C(=O)N1CCC(C(=O)N2CCCCC2)CC1. The zero-order chi connectivity index (χ0) is 16.2. The van der Waals surface area contributed by atoms with Crippen LogP contribution in [-0.2, 0) is 14.3 Å². The van der Waals surface area contributed by atoms with Crippen LogP contribution in [0.5, 0.6) is 0 Å². The zero-order valence-electron chi connectivity index (χ0n) is 14.1. The van der Waals surface area contributed by atoms with Gasteiger partial charge in [0.25, 0.3) is 0 Å². The maximum Gasteiger partial charge on any atom is 0.242 e. The van der Waals surface area contributed by atoms with E-state index in [1.54, 1.807) is 0 Å². The van der Waals surface area contributed by atoms with E-state index in [1.807, 2.05) is 16.7 Å². The van der Waals surface area contributed by atoms with Gasteiger partial charge in [0, 0.05) is 38.6 Å². The third-order valence-corrected chi connectivity index (χ3v) is 5.41. The van der Waals surface area contributed by atoms with Gasteiger partial charge in [0.15, 0.2) is 0 Å². The van der Waals surface area contributed by atoms with E-state index >= 15 is 0 Å². The molecule has 3 saturated heterocycles. The number of morpholine rings is 1. The number of likely N-dealkylation sites (tertiary alicyclic amines) is 2. The number of hydrogen-bond acceptors (Lipinski definition) is 4. The monoisotopic (exact) mass is 323 g/mol. The van der Waals surface area contributed by atoms with Gasteiger partial charge in [0.1, 0.15) is 6.04 Å². The Morgan fingerprint density at radius 2 is 1.61 bits per heavy atom. The number of amides is 2. The molecule has 0 aromatic rings. The van der Waals surface area contributed by atoms with Crippen molar-refractivity contribution in [3.63, 3.8) is 0 Å². The second-order valence-electron chi connectivity index (χ2n) is 6.99. The predicted molar refractivity (Wildman–Crippen MR) is 86.9 cm³/mol. The first-order valence-electron chi connectivity index (χ1n) is 9.09. The van der Waals surface area contributed by atoms with Crippen molar-refractivity contribution in [3.05, 3.63) is 0 Å². The number of carbonyl (C=O) groups is 2. The van der Waals surface area contributed by atoms with Gasteiger partial charge in [-0.05, 0) is 39.0 Å². The Morgan fingerprint density at radius 3 is 2.26 bits per heavy atom. The van der Waals surface area contributed by atoms with Crippen molar-refractivity contribution in [2.45, 2.75) is 51.2 Å². The van der Waals surface area contributed by atoms with Crippen LogP contribution in [-0.4, -0.2) is 73.1 Å². The fraction of sp³-hybridized carbons (Fsp3) is 0.882. The van der Waals surface area contributed by atoms with Crippen LogP contribution in [0.1, 0.15) is 39.0 Å². The van der Waals surface area contributed by atoms with Crippen molar-refractivity contribution in [2.24, 2.45) is 5.92 Å². The molecule has 0 aliphatic carbocycles. The minimum atomic E-state index is -0.238. The number of hydrogen-bond donors (Lipinski definition) is 1. The van der Waals surface area contributed by atoms with Gasteiger partial charge in [0.2, 0.25) is 11.8 Å². The summed E-state index contributed by atoms with van der Waals surface area (Å²) in [5, 5.41) is 3.26. The Kier molecular flexibility index (Phi) is 5.54. The van der Waals surface area contributed by atoms with Gasteiger partial charge in [0.05, 0.1) is 12.7 Å². The molecule has 0 saturated carbocycles. The molecule has 130 valence electrons. The molecule has 0 spiro atoms. The van der Waals surface area contributed by atoms with E-state index in [9.17, 15) is 9.59 Å². The van der Waals surface area contributed by atoms with Gasteiger partial charge >= 0.3 is 0 Å². The van der Waals surface area contributed by atoms with E-state index in [4.69, 9.17) is 4.74 Å². The van der Waals surface area contributed by atoms with Crippen LogP contribution >= 0.6 is 0 Å². The van der Waals surface area contributed by atoms with E-state index in [1.165, 1.54) is 6.42 Å². The van der Waals surface area contributed by atoms with E-state index in [0.29, 0.717) is 25.6 Å². The zero-order valence-corrected chi connectivity index (χ0v) is 14.1. The summed E-state index contributed by atoms with van der Waals surface area (Å²) in [5.41, 5.74) is 0. The first kappa shape index (κ1) is 16.7. The number of nitrogens with one attached hydrogen (secondary N) is 1. The summed E-state index contributed by atoms with van der Waals surface area (Å²) < 4.78 is 5.57. The largest absolute Gasteiger partial charge is 0.375 e. The number of carbonyl (C=O) groups excluding carboxylic acids is 2. The van der Waals surface area contributed by atoms with Crippen molar-refractivity contribution >= 4 is 11.8 Å². The van der Waals surface area contributed by atoms with E-state index in [2.05, 4.69) is 5.32 Å². The second kappa shape index (κ2) is 7.62. The lowest BCUT2D eigenvalue weighted by Gasteiger charge is -2.38. The summed E-state index contributed by atoms with van der Waals surface area (Å²) in [4.78, 5) is 29.1. The van der Waals surface area contributed by atoms with Gasteiger partial charge in [-0.25, -0.2) is 0 Å². The Bertz CT molecular complexity index is 429. The number of piperidine rings is 2. The highest BCUT2D eigenvalue weighted by molar-refractivity contribution is 5.83. The van der Waals surface area contributed by atoms with Crippen LogP contribution in [0, 0.1) is 5.92 Å². The van der Waals surface area contributed by atoms with Gasteiger partial charge < -0.3 is 19.9 Å². The van der Waals surface area contributed by atoms with Crippen LogP contribution < -0.4 is 5.32 Å². The average Bonchev–Trinajstić information content (AvgIpc) is 2.62. The van der Waals surface area contributed by atoms with Crippen molar-refractivity contribution in [2.75, 3.05) is 39.3 Å². The molecule has 2 atom stereocenters. The van der Waals surface area contributed by atoms with Gasteiger partial charge in [-0.2, -0.15) is 0 Å². The normalized spacial score (nSPS) is 30.3. The lowest BCUT2D eigenvalue weighted by Crippen LogP contribution is -2.58. The van der Waals surface area contributed by atoms with Gasteiger partial charge in [-0.15, -0.1) is 0 Å². The first-order chi connectivity index (χ1) is 11.2. The second-order valence-corrected chi connectivity index (χ2v) is 6.99. The molecule has 0 aromatic heterocycles. The quantitative estimate of drug-likeness (QED) is 0.809. The van der Waals surface area contributed by atoms with Crippen molar-refractivity contribution in [1.82, 2.24) is 15.1 Å².